The number of benzene rings is 10. The van der Waals surface area contributed by atoms with Gasteiger partial charge in [-0.1, -0.05) is 109 Å². The standard InChI is InChI=1S/C61H35F2N5/c62-39-29-37(30-40(63)32-39)49-35-60(67-56-23-11-5-17-47(56)50-33-41(25-27-58(50)67)65-52-19-7-1-13-43(52)44-14-2-8-20-53(44)65)38(36-64)31-61(49)68-57-24-12-6-18-48(57)51-34-42(26-28-59(51)68)66-54-21-9-3-15-45(54)46-16-4-10-22-55(46)66/h1-35H. The lowest BCUT2D eigenvalue weighted by Crippen LogP contribution is -2.04. The Morgan fingerprint density at radius 3 is 1.04 bits per heavy atom. The molecule has 0 bridgehead atoms. The fraction of sp³-hybridized carbons (Fsp3) is 0. The minimum absolute atomic E-state index is 0.352. The number of hydrogen-bond acceptors (Lipinski definition) is 1. The third-order valence-electron chi connectivity index (χ3n) is 13.9. The molecule has 14 rings (SSSR count). The summed E-state index contributed by atoms with van der Waals surface area (Å²) in [6, 6.07) is 73.2. The lowest BCUT2D eigenvalue weighted by molar-refractivity contribution is 0.584. The van der Waals surface area contributed by atoms with Crippen molar-refractivity contribution in [1.82, 2.24) is 18.3 Å². The Morgan fingerprint density at radius 2 is 0.647 bits per heavy atom. The van der Waals surface area contributed by atoms with Crippen molar-refractivity contribution >= 4 is 87.2 Å². The number of aromatic nitrogens is 4. The van der Waals surface area contributed by atoms with E-state index in [-0.39, 0.29) is 0 Å². The minimum atomic E-state index is -0.690. The summed E-state index contributed by atoms with van der Waals surface area (Å²) in [5.74, 6) is -1.38. The molecule has 10 aromatic carbocycles. The summed E-state index contributed by atoms with van der Waals surface area (Å²) in [6.07, 6.45) is 0. The molecular formula is C61H35F2N5. The fourth-order valence-corrected chi connectivity index (χ4v) is 11.1. The van der Waals surface area contributed by atoms with E-state index in [2.05, 4.69) is 182 Å². The van der Waals surface area contributed by atoms with Crippen molar-refractivity contribution in [1.29, 1.82) is 5.26 Å². The van der Waals surface area contributed by atoms with E-state index >= 15 is 8.78 Å². The van der Waals surface area contributed by atoms with Gasteiger partial charge in [0.05, 0.1) is 61.1 Å². The summed E-state index contributed by atoms with van der Waals surface area (Å²) in [4.78, 5) is 0. The number of fused-ring (bicyclic) bond motifs is 12. The average molecular weight is 876 g/mol. The molecule has 14 aromatic rings. The lowest BCUT2D eigenvalue weighted by Gasteiger charge is -2.19. The maximum Gasteiger partial charge on any atom is 0.126 e. The van der Waals surface area contributed by atoms with Crippen LogP contribution in [0.1, 0.15) is 5.56 Å². The zero-order chi connectivity index (χ0) is 45.2. The highest BCUT2D eigenvalue weighted by molar-refractivity contribution is 6.14. The smallest absolute Gasteiger partial charge is 0.126 e. The van der Waals surface area contributed by atoms with Gasteiger partial charge >= 0.3 is 0 Å². The molecule has 0 radical (unpaired) electrons. The molecule has 0 saturated carbocycles. The molecule has 0 fully saturated rings. The van der Waals surface area contributed by atoms with Crippen LogP contribution in [0.25, 0.3) is 121 Å². The van der Waals surface area contributed by atoms with Crippen LogP contribution >= 0.6 is 0 Å². The fourth-order valence-electron chi connectivity index (χ4n) is 11.1. The zero-order valence-corrected chi connectivity index (χ0v) is 36.2. The van der Waals surface area contributed by atoms with Gasteiger partial charge in [0.1, 0.15) is 17.7 Å². The van der Waals surface area contributed by atoms with E-state index in [4.69, 9.17) is 0 Å². The predicted octanol–water partition coefficient (Wildman–Crippen LogP) is 15.9. The topological polar surface area (TPSA) is 43.5 Å². The average Bonchev–Trinajstić information content (AvgIpc) is 4.10. The number of nitrogens with zero attached hydrogens (tertiary/aromatic N) is 5. The molecule has 0 spiro atoms. The highest BCUT2D eigenvalue weighted by Gasteiger charge is 2.24. The second kappa shape index (κ2) is 14.4. The molecule has 5 nitrogen and oxygen atoms in total. The first kappa shape index (κ1) is 38.1. The van der Waals surface area contributed by atoms with E-state index in [1.165, 1.54) is 33.7 Å². The molecule has 4 heterocycles. The normalized spacial score (nSPS) is 12.0. The van der Waals surface area contributed by atoms with Crippen molar-refractivity contribution in [3.8, 4) is 39.9 Å². The van der Waals surface area contributed by atoms with E-state index in [1.54, 1.807) is 0 Å². The highest BCUT2D eigenvalue weighted by Crippen LogP contribution is 2.43. The monoisotopic (exact) mass is 875 g/mol. The van der Waals surface area contributed by atoms with Crippen molar-refractivity contribution in [3.05, 3.63) is 230 Å². The Kier molecular flexibility index (Phi) is 8.05. The second-order valence-electron chi connectivity index (χ2n) is 17.5. The molecule has 68 heavy (non-hydrogen) atoms. The SMILES string of the molecule is N#Cc1cc(-n2c3ccccc3c3cc(-n4c5ccccc5c5ccccc54)ccc32)c(-c2cc(F)cc(F)c2)cc1-n1c2ccccc2c2cc(-n3c4ccccc4c4ccccc43)ccc21. The molecule has 0 unspecified atom stereocenters. The molecule has 318 valence electrons. The third-order valence-corrected chi connectivity index (χ3v) is 13.9. The van der Waals surface area contributed by atoms with E-state index in [9.17, 15) is 5.26 Å². The van der Waals surface area contributed by atoms with Crippen molar-refractivity contribution in [3.63, 3.8) is 0 Å². The van der Waals surface area contributed by atoms with Crippen LogP contribution in [-0.4, -0.2) is 18.3 Å². The van der Waals surface area contributed by atoms with Gasteiger partial charge in [0.15, 0.2) is 0 Å². The highest BCUT2D eigenvalue weighted by atomic mass is 19.1. The Morgan fingerprint density at radius 1 is 0.309 bits per heavy atom. The van der Waals surface area contributed by atoms with Gasteiger partial charge in [-0.05, 0) is 103 Å². The number of para-hydroxylation sites is 6. The maximum atomic E-state index is 15.5. The van der Waals surface area contributed by atoms with E-state index in [0.717, 1.165) is 83.1 Å². The molecule has 7 heteroatoms. The van der Waals surface area contributed by atoms with Gasteiger partial charge in [0.25, 0.3) is 0 Å². The van der Waals surface area contributed by atoms with Gasteiger partial charge in [-0.25, -0.2) is 8.78 Å². The molecule has 0 aliphatic rings. The van der Waals surface area contributed by atoms with Gasteiger partial charge < -0.3 is 18.3 Å². The first-order chi connectivity index (χ1) is 33.5. The summed E-state index contributed by atoms with van der Waals surface area (Å²) in [5.41, 5.74) is 12.6. The molecule has 0 N–H and O–H groups in total. The number of nitriles is 1. The van der Waals surface area contributed by atoms with Gasteiger partial charge in [-0.3, -0.25) is 0 Å². The van der Waals surface area contributed by atoms with Crippen molar-refractivity contribution < 1.29 is 8.78 Å². The largest absolute Gasteiger partial charge is 0.309 e. The zero-order valence-electron chi connectivity index (χ0n) is 36.2. The van der Waals surface area contributed by atoms with Gasteiger partial charge in [-0.2, -0.15) is 5.26 Å². The third kappa shape index (κ3) is 5.40. The number of rotatable bonds is 5. The molecule has 0 aliphatic carbocycles. The Hall–Kier alpha value is -9.25. The first-order valence-electron chi connectivity index (χ1n) is 22.6. The summed E-state index contributed by atoms with van der Waals surface area (Å²) in [7, 11) is 0. The maximum absolute atomic E-state index is 15.5. The molecular weight excluding hydrogens is 841 g/mol. The van der Waals surface area contributed by atoms with Crippen LogP contribution in [-0.2, 0) is 0 Å². The molecule has 0 amide bonds. The Bertz CT molecular complexity index is 4370. The van der Waals surface area contributed by atoms with Crippen LogP contribution in [0.5, 0.6) is 0 Å². The van der Waals surface area contributed by atoms with Crippen LogP contribution < -0.4 is 0 Å². The summed E-state index contributed by atoms with van der Waals surface area (Å²) in [5, 5.41) is 20.0. The van der Waals surface area contributed by atoms with Gasteiger partial charge in [0.2, 0.25) is 0 Å². The second-order valence-corrected chi connectivity index (χ2v) is 17.5. The van der Waals surface area contributed by atoms with E-state index in [0.29, 0.717) is 28.1 Å². The molecule has 4 aromatic heterocycles. The summed E-state index contributed by atoms with van der Waals surface area (Å²) >= 11 is 0. The van der Waals surface area contributed by atoms with E-state index in [1.807, 2.05) is 36.4 Å². The van der Waals surface area contributed by atoms with Crippen molar-refractivity contribution in [2.24, 2.45) is 0 Å². The van der Waals surface area contributed by atoms with Crippen LogP contribution in [0.4, 0.5) is 8.78 Å². The van der Waals surface area contributed by atoms with Crippen LogP contribution in [0.2, 0.25) is 0 Å². The van der Waals surface area contributed by atoms with E-state index < -0.39 is 11.6 Å². The minimum Gasteiger partial charge on any atom is -0.309 e. The molecule has 0 aliphatic heterocycles. The van der Waals surface area contributed by atoms with Crippen LogP contribution in [0, 0.1) is 23.0 Å². The molecule has 0 atom stereocenters. The van der Waals surface area contributed by atoms with Gasteiger partial charge in [-0.15, -0.1) is 0 Å². The molecule has 0 saturated heterocycles. The van der Waals surface area contributed by atoms with Gasteiger partial charge in [0, 0.05) is 66.1 Å². The summed E-state index contributed by atoms with van der Waals surface area (Å²) < 4.78 is 39.8. The quantitative estimate of drug-likeness (QED) is 0.170. The first-order valence-corrected chi connectivity index (χ1v) is 22.6. The number of halogens is 2. The van der Waals surface area contributed by atoms with Crippen LogP contribution in [0.15, 0.2) is 212 Å². The number of hydrogen-bond donors (Lipinski definition) is 0. The Balaban J connectivity index is 1.03. The van der Waals surface area contributed by atoms with Crippen molar-refractivity contribution in [2.75, 3.05) is 0 Å². The van der Waals surface area contributed by atoms with Crippen molar-refractivity contribution in [2.45, 2.75) is 0 Å². The van der Waals surface area contributed by atoms with Crippen LogP contribution in [0.3, 0.4) is 0 Å². The lowest BCUT2D eigenvalue weighted by atomic mass is 9.99. The summed E-state index contributed by atoms with van der Waals surface area (Å²) in [6.45, 7) is 0. The Labute approximate surface area is 387 Å². The predicted molar refractivity (Wildman–Crippen MR) is 274 cm³/mol.